The summed E-state index contributed by atoms with van der Waals surface area (Å²) >= 11 is 3.20. The molecule has 1 fully saturated rings. The fourth-order valence-electron chi connectivity index (χ4n) is 1.71. The molecule has 0 radical (unpaired) electrons. The number of anilines is 1. The van der Waals surface area contributed by atoms with E-state index >= 15 is 0 Å². The number of rotatable bonds is 5. The van der Waals surface area contributed by atoms with Gasteiger partial charge in [-0.05, 0) is 40.8 Å². The van der Waals surface area contributed by atoms with E-state index in [9.17, 15) is 14.9 Å². The van der Waals surface area contributed by atoms with Crippen LogP contribution in [0.3, 0.4) is 0 Å². The molecule has 0 heterocycles. The molecule has 1 atom stereocenters. The number of nitrogens with one attached hydrogen (secondary N) is 1. The quantitative estimate of drug-likeness (QED) is 0.643. The Morgan fingerprint density at radius 2 is 2.22 bits per heavy atom. The van der Waals surface area contributed by atoms with Crippen LogP contribution >= 0.6 is 15.9 Å². The Morgan fingerprint density at radius 1 is 1.56 bits per heavy atom. The minimum Gasteiger partial charge on any atom is -0.480 e. The Bertz CT molecular complexity index is 502. The van der Waals surface area contributed by atoms with Gasteiger partial charge in [0, 0.05) is 22.3 Å². The largest absolute Gasteiger partial charge is 0.480 e. The lowest BCUT2D eigenvalue weighted by Gasteiger charge is -2.15. The van der Waals surface area contributed by atoms with Crippen molar-refractivity contribution in [3.63, 3.8) is 0 Å². The molecule has 18 heavy (non-hydrogen) atoms. The third kappa shape index (κ3) is 2.79. The summed E-state index contributed by atoms with van der Waals surface area (Å²) in [6.45, 7) is 0. The SMILES string of the molecule is O=C(O)C(Nc1ccc([N+](=O)[O-])cc1Br)C1CC1. The number of nitrogens with zero attached hydrogens (tertiary/aromatic N) is 1. The molecular weight excluding hydrogens is 304 g/mol. The Balaban J connectivity index is 2.18. The van der Waals surface area contributed by atoms with E-state index in [4.69, 9.17) is 5.11 Å². The number of carboxylic acids is 1. The van der Waals surface area contributed by atoms with Gasteiger partial charge in [-0.1, -0.05) is 0 Å². The van der Waals surface area contributed by atoms with Crippen molar-refractivity contribution < 1.29 is 14.8 Å². The van der Waals surface area contributed by atoms with Gasteiger partial charge in [-0.25, -0.2) is 4.79 Å². The van der Waals surface area contributed by atoms with Crippen LogP contribution < -0.4 is 5.32 Å². The van der Waals surface area contributed by atoms with E-state index in [0.29, 0.717) is 10.2 Å². The third-order valence-corrected chi connectivity index (χ3v) is 3.49. The number of aliphatic carboxylic acids is 1. The van der Waals surface area contributed by atoms with Crippen LogP contribution in [0.1, 0.15) is 12.8 Å². The summed E-state index contributed by atoms with van der Waals surface area (Å²) in [5, 5.41) is 22.6. The Hall–Kier alpha value is -1.63. The standard InChI is InChI=1S/C11H11BrN2O4/c12-8-5-7(14(17)18)3-4-9(8)13-10(11(15)16)6-1-2-6/h3-6,10,13H,1-2H2,(H,15,16). The maximum Gasteiger partial charge on any atom is 0.326 e. The average molecular weight is 315 g/mol. The van der Waals surface area contributed by atoms with E-state index in [-0.39, 0.29) is 11.6 Å². The van der Waals surface area contributed by atoms with Crippen LogP contribution in [-0.4, -0.2) is 22.0 Å². The second kappa shape index (κ2) is 4.93. The van der Waals surface area contributed by atoms with Crippen LogP contribution in [0.4, 0.5) is 11.4 Å². The van der Waals surface area contributed by atoms with Crippen molar-refractivity contribution in [3.05, 3.63) is 32.8 Å². The summed E-state index contributed by atoms with van der Waals surface area (Å²) in [6, 6.07) is 3.58. The molecule has 2 rings (SSSR count). The van der Waals surface area contributed by atoms with E-state index in [0.717, 1.165) is 12.8 Å². The highest BCUT2D eigenvalue weighted by molar-refractivity contribution is 9.10. The van der Waals surface area contributed by atoms with Crippen LogP contribution in [0, 0.1) is 16.0 Å². The number of hydrogen-bond donors (Lipinski definition) is 2. The molecule has 0 amide bonds. The molecule has 0 saturated heterocycles. The van der Waals surface area contributed by atoms with Gasteiger partial charge in [-0.15, -0.1) is 0 Å². The van der Waals surface area contributed by atoms with Crippen molar-refractivity contribution in [2.24, 2.45) is 5.92 Å². The molecule has 6 nitrogen and oxygen atoms in total. The molecule has 1 aliphatic carbocycles. The van der Waals surface area contributed by atoms with Crippen LogP contribution in [-0.2, 0) is 4.79 Å². The fourth-order valence-corrected chi connectivity index (χ4v) is 2.19. The van der Waals surface area contributed by atoms with E-state index in [1.807, 2.05) is 0 Å². The van der Waals surface area contributed by atoms with Crippen molar-refractivity contribution in [2.45, 2.75) is 18.9 Å². The molecule has 0 spiro atoms. The Labute approximate surface area is 111 Å². The zero-order chi connectivity index (χ0) is 13.3. The van der Waals surface area contributed by atoms with Gasteiger partial charge in [-0.3, -0.25) is 10.1 Å². The van der Waals surface area contributed by atoms with Crippen LogP contribution in [0.15, 0.2) is 22.7 Å². The third-order valence-electron chi connectivity index (χ3n) is 2.83. The number of non-ortho nitro benzene ring substituents is 1. The molecule has 1 aliphatic rings. The van der Waals surface area contributed by atoms with Crippen molar-refractivity contribution in [1.29, 1.82) is 0 Å². The number of carboxylic acid groups (broad SMARTS) is 1. The maximum absolute atomic E-state index is 11.1. The van der Waals surface area contributed by atoms with Crippen molar-refractivity contribution >= 4 is 33.3 Å². The normalized spacial score (nSPS) is 16.1. The summed E-state index contributed by atoms with van der Waals surface area (Å²) < 4.78 is 0.489. The molecule has 2 N–H and O–H groups in total. The van der Waals surface area contributed by atoms with Crippen LogP contribution in [0.25, 0.3) is 0 Å². The second-order valence-electron chi connectivity index (χ2n) is 4.22. The summed E-state index contributed by atoms with van der Waals surface area (Å²) in [5.41, 5.74) is 0.519. The summed E-state index contributed by atoms with van der Waals surface area (Å²) in [5.74, 6) is -0.757. The monoisotopic (exact) mass is 314 g/mol. The van der Waals surface area contributed by atoms with E-state index in [1.54, 1.807) is 0 Å². The highest BCUT2D eigenvalue weighted by atomic mass is 79.9. The minimum absolute atomic E-state index is 0.0364. The van der Waals surface area contributed by atoms with Crippen molar-refractivity contribution in [3.8, 4) is 0 Å². The first-order valence-electron chi connectivity index (χ1n) is 5.42. The second-order valence-corrected chi connectivity index (χ2v) is 5.07. The number of nitro groups is 1. The van der Waals surface area contributed by atoms with Gasteiger partial charge >= 0.3 is 5.97 Å². The minimum atomic E-state index is -0.900. The smallest absolute Gasteiger partial charge is 0.326 e. The maximum atomic E-state index is 11.1. The van der Waals surface area contributed by atoms with Crippen molar-refractivity contribution in [1.82, 2.24) is 0 Å². The van der Waals surface area contributed by atoms with Crippen LogP contribution in [0.2, 0.25) is 0 Å². The summed E-state index contributed by atoms with van der Waals surface area (Å²) in [4.78, 5) is 21.2. The molecule has 0 aromatic heterocycles. The lowest BCUT2D eigenvalue weighted by atomic mass is 10.1. The molecular formula is C11H11BrN2O4. The van der Waals surface area contributed by atoms with E-state index < -0.39 is 16.9 Å². The van der Waals surface area contributed by atoms with Gasteiger partial charge in [0.05, 0.1) is 4.92 Å². The molecule has 1 aromatic rings. The first kappa shape index (κ1) is 12.8. The van der Waals surface area contributed by atoms with Gasteiger partial charge in [0.1, 0.15) is 6.04 Å². The summed E-state index contributed by atoms with van der Waals surface area (Å²) in [6.07, 6.45) is 1.79. The van der Waals surface area contributed by atoms with Gasteiger partial charge in [0.15, 0.2) is 0 Å². The average Bonchev–Trinajstić information content (AvgIpc) is 3.10. The highest BCUT2D eigenvalue weighted by Gasteiger charge is 2.36. The van der Waals surface area contributed by atoms with E-state index in [2.05, 4.69) is 21.2 Å². The number of benzene rings is 1. The molecule has 1 saturated carbocycles. The first-order valence-corrected chi connectivity index (χ1v) is 6.21. The number of hydrogen-bond acceptors (Lipinski definition) is 4. The zero-order valence-corrected chi connectivity index (χ0v) is 10.9. The Morgan fingerprint density at radius 3 is 2.67 bits per heavy atom. The first-order chi connectivity index (χ1) is 8.49. The fraction of sp³-hybridized carbons (Fsp3) is 0.364. The highest BCUT2D eigenvalue weighted by Crippen LogP contribution is 2.36. The summed E-state index contributed by atoms with van der Waals surface area (Å²) in [7, 11) is 0. The van der Waals surface area contributed by atoms with Gasteiger partial charge in [0.2, 0.25) is 0 Å². The molecule has 0 aliphatic heterocycles. The molecule has 1 unspecified atom stereocenters. The van der Waals surface area contributed by atoms with Crippen molar-refractivity contribution in [2.75, 3.05) is 5.32 Å². The number of carbonyl (C=O) groups is 1. The van der Waals surface area contributed by atoms with E-state index in [1.165, 1.54) is 18.2 Å². The van der Waals surface area contributed by atoms with Crippen LogP contribution in [0.5, 0.6) is 0 Å². The van der Waals surface area contributed by atoms with Gasteiger partial charge in [0.25, 0.3) is 5.69 Å². The molecule has 0 bridgehead atoms. The number of halogens is 1. The zero-order valence-electron chi connectivity index (χ0n) is 9.30. The lowest BCUT2D eigenvalue weighted by molar-refractivity contribution is -0.384. The topological polar surface area (TPSA) is 92.5 Å². The lowest BCUT2D eigenvalue weighted by Crippen LogP contribution is -2.31. The number of nitro benzene ring substituents is 1. The Kier molecular flexibility index (Phi) is 3.51. The predicted octanol–water partition coefficient (Wildman–Crippen LogP) is 2.63. The molecule has 7 heteroatoms. The predicted molar refractivity (Wildman–Crippen MR) is 68.6 cm³/mol. The molecule has 96 valence electrons. The van der Waals surface area contributed by atoms with Gasteiger partial charge < -0.3 is 10.4 Å². The molecule has 1 aromatic carbocycles. The van der Waals surface area contributed by atoms with Gasteiger partial charge in [-0.2, -0.15) is 0 Å².